The van der Waals surface area contributed by atoms with E-state index in [0.29, 0.717) is 0 Å². The van der Waals surface area contributed by atoms with Gasteiger partial charge < -0.3 is 0 Å². The van der Waals surface area contributed by atoms with E-state index in [-0.39, 0.29) is 17.0 Å². The number of nitrogens with zero attached hydrogens (tertiary/aromatic N) is 4. The fourth-order valence-electron chi connectivity index (χ4n) is 2.97. The minimum atomic E-state index is 0.0531. The quantitative estimate of drug-likeness (QED) is 0.823. The summed E-state index contributed by atoms with van der Waals surface area (Å²) in [4.78, 5) is 20.7. The van der Waals surface area contributed by atoms with Crippen LogP contribution in [-0.2, 0) is 13.6 Å². The summed E-state index contributed by atoms with van der Waals surface area (Å²) in [5, 5.41) is 2.03. The van der Waals surface area contributed by atoms with E-state index in [4.69, 9.17) is 0 Å². The third-order valence-corrected chi connectivity index (χ3v) is 4.00. The number of rotatable bonds is 2. The summed E-state index contributed by atoms with van der Waals surface area (Å²) in [5.74, 6) is 0.227. The molecule has 0 aliphatic heterocycles. The Hall–Kier alpha value is -2.17. The van der Waals surface area contributed by atoms with Gasteiger partial charge in [-0.3, -0.25) is 9.13 Å². The molecule has 0 saturated carbocycles. The van der Waals surface area contributed by atoms with Crippen molar-refractivity contribution < 1.29 is 0 Å². The molecule has 2 aromatic heterocycles. The molecule has 0 N–H and O–H groups in total. The molecule has 1 atom stereocenters. The average Bonchev–Trinajstić information content (AvgIpc) is 2.71. The van der Waals surface area contributed by atoms with Crippen LogP contribution in [0.15, 0.2) is 23.5 Å². The first-order valence-electron chi connectivity index (χ1n) is 7.59. The Kier molecular flexibility index (Phi) is 3.51. The zero-order chi connectivity index (χ0) is 15.9. The van der Waals surface area contributed by atoms with Crippen LogP contribution in [0.25, 0.3) is 12.2 Å². The van der Waals surface area contributed by atoms with E-state index in [2.05, 4.69) is 42.9 Å². The Morgan fingerprint density at radius 2 is 1.91 bits per heavy atom. The van der Waals surface area contributed by atoms with Crippen molar-refractivity contribution in [3.05, 3.63) is 45.5 Å². The molecule has 0 bridgehead atoms. The number of hydrogen-bond donors (Lipinski definition) is 0. The van der Waals surface area contributed by atoms with Gasteiger partial charge in [0, 0.05) is 31.9 Å². The Morgan fingerprint density at radius 3 is 2.55 bits per heavy atom. The van der Waals surface area contributed by atoms with Gasteiger partial charge >= 0.3 is 5.69 Å². The van der Waals surface area contributed by atoms with Crippen molar-refractivity contribution >= 4 is 12.2 Å². The predicted molar refractivity (Wildman–Crippen MR) is 86.7 cm³/mol. The molecule has 22 heavy (non-hydrogen) atoms. The summed E-state index contributed by atoms with van der Waals surface area (Å²) in [6.45, 7) is 7.17. The van der Waals surface area contributed by atoms with Gasteiger partial charge in [-0.15, -0.1) is 0 Å². The average molecular weight is 298 g/mol. The zero-order valence-corrected chi connectivity index (χ0v) is 13.6. The minimum Gasteiger partial charge on any atom is -0.295 e. The Labute approximate surface area is 129 Å². The molecule has 3 rings (SSSR count). The summed E-state index contributed by atoms with van der Waals surface area (Å²) < 4.78 is 3.64. The molecular formula is C17H22N4O. The van der Waals surface area contributed by atoms with Crippen LogP contribution in [-0.4, -0.2) is 19.1 Å². The van der Waals surface area contributed by atoms with Crippen LogP contribution < -0.4 is 16.4 Å². The molecule has 1 unspecified atom stereocenters. The fourth-order valence-corrected chi connectivity index (χ4v) is 2.97. The highest BCUT2D eigenvalue weighted by molar-refractivity contribution is 5.45. The van der Waals surface area contributed by atoms with Gasteiger partial charge in [-0.2, -0.15) is 0 Å². The van der Waals surface area contributed by atoms with Gasteiger partial charge in [0.05, 0.1) is 10.7 Å². The molecule has 5 heteroatoms. The highest BCUT2D eigenvalue weighted by Crippen LogP contribution is 2.21. The Bertz CT molecular complexity index is 853. The van der Waals surface area contributed by atoms with Gasteiger partial charge in [-0.25, -0.2) is 14.8 Å². The van der Waals surface area contributed by atoms with Crippen LogP contribution in [0, 0.1) is 5.41 Å². The maximum atomic E-state index is 12.5. The molecule has 0 amide bonds. The minimum absolute atomic E-state index is 0.0531. The highest BCUT2D eigenvalue weighted by atomic mass is 16.1. The SMILES string of the molecule is Cn1c2c(n(CC(C)(C)C)c1=O)=CCC(c1cncnc1)C=2. The summed E-state index contributed by atoms with van der Waals surface area (Å²) >= 11 is 0. The van der Waals surface area contributed by atoms with Gasteiger partial charge in [0.15, 0.2) is 0 Å². The third-order valence-electron chi connectivity index (χ3n) is 4.00. The lowest BCUT2D eigenvalue weighted by molar-refractivity contribution is 0.333. The lowest BCUT2D eigenvalue weighted by atomic mass is 9.94. The second-order valence-electron chi connectivity index (χ2n) is 7.14. The number of aromatic nitrogens is 4. The van der Waals surface area contributed by atoms with E-state index in [0.717, 1.165) is 29.2 Å². The standard InChI is InChI=1S/C17H22N4O/c1-17(2,3)10-21-14-6-5-12(13-8-18-11-19-9-13)7-15(14)20(4)16(21)22/h6-9,11-12H,5,10H2,1-4H3. The van der Waals surface area contributed by atoms with Crippen molar-refractivity contribution in [1.29, 1.82) is 0 Å². The van der Waals surface area contributed by atoms with Crippen LogP contribution in [0.3, 0.4) is 0 Å². The van der Waals surface area contributed by atoms with Crippen molar-refractivity contribution in [1.82, 2.24) is 19.1 Å². The van der Waals surface area contributed by atoms with Crippen molar-refractivity contribution in [3.63, 3.8) is 0 Å². The molecule has 5 nitrogen and oxygen atoms in total. The van der Waals surface area contributed by atoms with Crippen LogP contribution in [0.4, 0.5) is 0 Å². The number of fused-ring (bicyclic) bond motifs is 1. The van der Waals surface area contributed by atoms with Gasteiger partial charge in [-0.05, 0) is 17.4 Å². The Morgan fingerprint density at radius 1 is 1.23 bits per heavy atom. The first-order valence-corrected chi connectivity index (χ1v) is 7.59. The van der Waals surface area contributed by atoms with E-state index >= 15 is 0 Å². The van der Waals surface area contributed by atoms with Crippen LogP contribution in [0.1, 0.15) is 38.7 Å². The molecule has 0 radical (unpaired) electrons. The number of hydrogen-bond acceptors (Lipinski definition) is 3. The largest absolute Gasteiger partial charge is 0.328 e. The molecule has 0 aromatic carbocycles. The van der Waals surface area contributed by atoms with Gasteiger partial charge in [0.2, 0.25) is 0 Å². The van der Waals surface area contributed by atoms with Crippen LogP contribution in [0.5, 0.6) is 0 Å². The maximum Gasteiger partial charge on any atom is 0.328 e. The van der Waals surface area contributed by atoms with Gasteiger partial charge in [0.1, 0.15) is 6.33 Å². The van der Waals surface area contributed by atoms with E-state index < -0.39 is 0 Å². The fraction of sp³-hybridized carbons (Fsp3) is 0.471. The summed E-state index contributed by atoms with van der Waals surface area (Å²) in [6, 6.07) is 0. The van der Waals surface area contributed by atoms with Crippen LogP contribution >= 0.6 is 0 Å². The lowest BCUT2D eigenvalue weighted by Gasteiger charge is -2.19. The molecule has 116 valence electrons. The second kappa shape index (κ2) is 5.23. The molecule has 0 spiro atoms. The highest BCUT2D eigenvalue weighted by Gasteiger charge is 2.19. The van der Waals surface area contributed by atoms with Crippen molar-refractivity contribution in [2.75, 3.05) is 0 Å². The normalized spacial score (nSPS) is 17.5. The monoisotopic (exact) mass is 298 g/mol. The molecule has 2 heterocycles. The molecular weight excluding hydrogens is 276 g/mol. The lowest BCUT2D eigenvalue weighted by Crippen LogP contribution is -2.37. The summed E-state index contributed by atoms with van der Waals surface area (Å²) in [5.41, 5.74) is 1.20. The summed E-state index contributed by atoms with van der Waals surface area (Å²) in [7, 11) is 1.84. The van der Waals surface area contributed by atoms with E-state index in [1.807, 2.05) is 24.0 Å². The molecule has 0 saturated heterocycles. The first-order chi connectivity index (χ1) is 10.4. The molecule has 1 aliphatic rings. The third kappa shape index (κ3) is 2.63. The van der Waals surface area contributed by atoms with Crippen molar-refractivity contribution in [3.8, 4) is 0 Å². The second-order valence-corrected chi connectivity index (χ2v) is 7.14. The van der Waals surface area contributed by atoms with Crippen LogP contribution in [0.2, 0.25) is 0 Å². The smallest absolute Gasteiger partial charge is 0.295 e. The van der Waals surface area contributed by atoms with E-state index in [1.165, 1.54) is 6.33 Å². The molecule has 2 aromatic rings. The topological polar surface area (TPSA) is 52.7 Å². The van der Waals surface area contributed by atoms with E-state index in [9.17, 15) is 4.79 Å². The van der Waals surface area contributed by atoms with Gasteiger partial charge in [0.25, 0.3) is 0 Å². The number of imidazole rings is 1. The first kappa shape index (κ1) is 14.8. The summed E-state index contributed by atoms with van der Waals surface area (Å²) in [6.07, 6.45) is 10.4. The Balaban J connectivity index is 2.12. The zero-order valence-electron chi connectivity index (χ0n) is 13.6. The predicted octanol–water partition coefficient (Wildman–Crippen LogP) is 0.771. The molecule has 1 aliphatic carbocycles. The maximum absolute atomic E-state index is 12.5. The molecule has 0 fully saturated rings. The van der Waals surface area contributed by atoms with Gasteiger partial charge in [-0.1, -0.05) is 32.9 Å². The van der Waals surface area contributed by atoms with Crippen molar-refractivity contribution in [2.45, 2.75) is 39.7 Å². The van der Waals surface area contributed by atoms with Crippen molar-refractivity contribution in [2.24, 2.45) is 12.5 Å². The van der Waals surface area contributed by atoms with E-state index in [1.54, 1.807) is 4.57 Å².